The Balaban J connectivity index is 1.39. The minimum absolute atomic E-state index is 0.0876. The maximum absolute atomic E-state index is 14.5. The first kappa shape index (κ1) is 26.9. The van der Waals surface area contributed by atoms with Crippen molar-refractivity contribution in [3.8, 4) is 0 Å². The Morgan fingerprint density at radius 3 is 2.14 bits per heavy atom. The van der Waals surface area contributed by atoms with E-state index in [1.165, 1.54) is 19.1 Å². The monoisotopic (exact) mass is 528 g/mol. The van der Waals surface area contributed by atoms with Crippen molar-refractivity contribution in [3.05, 3.63) is 30.3 Å². The summed E-state index contributed by atoms with van der Waals surface area (Å²) in [4.78, 5) is 17.1. The Hall–Kier alpha value is -1.73. The van der Waals surface area contributed by atoms with Crippen molar-refractivity contribution in [1.29, 1.82) is 0 Å². The molecule has 1 aromatic rings. The quantitative estimate of drug-likeness (QED) is 0.288. The number of sulfonamides is 1. The number of hydrogen-bond donors (Lipinski definition) is 0. The average molecular weight is 529 g/mol. The lowest BCUT2D eigenvalue weighted by atomic mass is 9.69. The first-order valence-electron chi connectivity index (χ1n) is 14.5. The molecule has 2 bridgehead atoms. The summed E-state index contributed by atoms with van der Waals surface area (Å²) in [5, 5.41) is 0. The topological polar surface area (TPSA) is 76.0 Å². The normalized spacial score (nSPS) is 30.8. The lowest BCUT2D eigenvalue weighted by Crippen LogP contribution is -2.54. The summed E-state index contributed by atoms with van der Waals surface area (Å²) < 4.78 is 36.9. The van der Waals surface area contributed by atoms with Crippen LogP contribution in [0.4, 0.5) is 5.69 Å². The predicted octanol–water partition coefficient (Wildman–Crippen LogP) is 6.42. The molecule has 0 aromatic heterocycles. The Kier molecular flexibility index (Phi) is 7.84. The van der Waals surface area contributed by atoms with Crippen LogP contribution in [0.5, 0.6) is 0 Å². The zero-order valence-electron chi connectivity index (χ0n) is 22.6. The van der Waals surface area contributed by atoms with Crippen molar-refractivity contribution >= 4 is 27.9 Å². The van der Waals surface area contributed by atoms with Crippen molar-refractivity contribution in [1.82, 2.24) is 4.31 Å². The molecule has 5 rings (SSSR count). The molecule has 0 spiro atoms. The molecule has 3 atom stereocenters. The van der Waals surface area contributed by atoms with E-state index in [1.807, 2.05) is 34.6 Å². The summed E-state index contributed by atoms with van der Waals surface area (Å²) in [5.74, 6) is -0.0284. The van der Waals surface area contributed by atoms with Gasteiger partial charge >= 0.3 is 5.97 Å². The molecule has 0 unspecified atom stereocenters. The maximum atomic E-state index is 14.5. The fourth-order valence-corrected chi connectivity index (χ4v) is 11.0. The minimum atomic E-state index is -3.54. The first-order valence-corrected chi connectivity index (χ1v) is 16.1. The highest BCUT2D eigenvalue weighted by Crippen LogP contribution is 2.67. The van der Waals surface area contributed by atoms with Crippen LogP contribution in [0, 0.1) is 16.7 Å². The van der Waals surface area contributed by atoms with Gasteiger partial charge in [-0.1, -0.05) is 70.6 Å². The SMILES string of the molecule is CC1(C)[C@@H]2CC[C@@]1(CS(=O)(=O)N(C1CCCCC1)C1CCCCC1)[C@H](OC(=O)C=Nc1ccccc1)C2. The molecule has 0 aliphatic heterocycles. The number of ether oxygens (including phenoxy) is 1. The Labute approximate surface area is 223 Å². The highest BCUT2D eigenvalue weighted by atomic mass is 32.2. The molecule has 204 valence electrons. The molecule has 6 nitrogen and oxygen atoms in total. The number of hydrogen-bond acceptors (Lipinski definition) is 5. The van der Waals surface area contributed by atoms with Gasteiger partial charge in [-0.2, -0.15) is 4.31 Å². The summed E-state index contributed by atoms with van der Waals surface area (Å²) in [6.45, 7) is 4.41. The van der Waals surface area contributed by atoms with Crippen molar-refractivity contribution in [2.24, 2.45) is 21.7 Å². The van der Waals surface area contributed by atoms with Crippen LogP contribution in [0.3, 0.4) is 0 Å². The number of carbonyl (C=O) groups is 1. The molecule has 37 heavy (non-hydrogen) atoms. The van der Waals surface area contributed by atoms with Crippen LogP contribution >= 0.6 is 0 Å². The number of para-hydroxylation sites is 1. The molecule has 4 aliphatic carbocycles. The van der Waals surface area contributed by atoms with E-state index >= 15 is 0 Å². The van der Waals surface area contributed by atoms with Gasteiger partial charge in [0.25, 0.3) is 0 Å². The average Bonchev–Trinajstić information content (AvgIpc) is 3.24. The molecule has 0 N–H and O–H groups in total. The van der Waals surface area contributed by atoms with Gasteiger partial charge in [0, 0.05) is 17.5 Å². The minimum Gasteiger partial charge on any atom is -0.457 e. The molecule has 0 saturated heterocycles. The van der Waals surface area contributed by atoms with Gasteiger partial charge in [-0.25, -0.2) is 18.2 Å². The van der Waals surface area contributed by atoms with E-state index in [2.05, 4.69) is 18.8 Å². The molecule has 1 aromatic carbocycles. The molecule has 4 saturated carbocycles. The molecular weight excluding hydrogens is 484 g/mol. The second-order valence-electron chi connectivity index (χ2n) is 12.5. The molecular formula is C30H44N2O4S. The van der Waals surface area contributed by atoms with E-state index in [1.54, 1.807) is 0 Å². The van der Waals surface area contributed by atoms with Crippen LogP contribution in [0.25, 0.3) is 0 Å². The molecule has 0 radical (unpaired) electrons. The molecule has 0 heterocycles. The lowest BCUT2D eigenvalue weighted by Gasteiger charge is -2.46. The Morgan fingerprint density at radius 1 is 0.973 bits per heavy atom. The second kappa shape index (κ2) is 10.8. The first-order chi connectivity index (χ1) is 17.7. The van der Waals surface area contributed by atoms with Crippen LogP contribution in [-0.2, 0) is 19.6 Å². The van der Waals surface area contributed by atoms with Crippen LogP contribution in [-0.4, -0.2) is 48.8 Å². The van der Waals surface area contributed by atoms with E-state index in [4.69, 9.17) is 4.74 Å². The molecule has 4 fully saturated rings. The van der Waals surface area contributed by atoms with Gasteiger partial charge in [0.05, 0.1) is 11.4 Å². The molecule has 4 aliphatic rings. The predicted molar refractivity (Wildman–Crippen MR) is 147 cm³/mol. The van der Waals surface area contributed by atoms with E-state index in [-0.39, 0.29) is 23.3 Å². The summed E-state index contributed by atoms with van der Waals surface area (Å²) in [7, 11) is -3.54. The molecule has 0 amide bonds. The smallest absolute Gasteiger partial charge is 0.349 e. The van der Waals surface area contributed by atoms with Crippen LogP contribution in [0.1, 0.15) is 97.3 Å². The lowest BCUT2D eigenvalue weighted by molar-refractivity contribution is -0.147. The standard InChI is InChI=1S/C30H44N2O4S/c1-29(2)23-18-19-30(29,27(20-23)36-28(33)21-31-24-12-6-3-7-13-24)22-37(34,35)32(25-14-8-4-9-15-25)26-16-10-5-11-17-26/h3,6-7,12-13,21,23,25-27H,4-5,8-11,14-20,22H2,1-2H3/t23-,27-,30-/m1/s1. The van der Waals surface area contributed by atoms with Crippen molar-refractivity contribution in [2.45, 2.75) is 116 Å². The van der Waals surface area contributed by atoms with Crippen molar-refractivity contribution < 1.29 is 17.9 Å². The third-order valence-electron chi connectivity index (χ3n) is 10.3. The maximum Gasteiger partial charge on any atom is 0.349 e. The highest BCUT2D eigenvalue weighted by molar-refractivity contribution is 7.89. The third-order valence-corrected chi connectivity index (χ3v) is 12.4. The van der Waals surface area contributed by atoms with E-state index in [0.717, 1.165) is 70.6 Å². The summed E-state index contributed by atoms with van der Waals surface area (Å²) in [5.41, 5.74) is -0.0682. The fraction of sp³-hybridized carbons (Fsp3) is 0.733. The number of fused-ring (bicyclic) bond motifs is 2. The molecule has 7 heteroatoms. The van der Waals surface area contributed by atoms with E-state index in [0.29, 0.717) is 11.6 Å². The summed E-state index contributed by atoms with van der Waals surface area (Å²) >= 11 is 0. The number of nitrogens with zero attached hydrogens (tertiary/aromatic N) is 2. The van der Waals surface area contributed by atoms with Crippen molar-refractivity contribution in [3.63, 3.8) is 0 Å². The van der Waals surface area contributed by atoms with Gasteiger partial charge in [-0.15, -0.1) is 0 Å². The Bertz CT molecular complexity index is 1060. The fourth-order valence-electron chi connectivity index (χ4n) is 8.14. The number of esters is 1. The van der Waals surface area contributed by atoms with Crippen LogP contribution in [0.2, 0.25) is 0 Å². The zero-order chi connectivity index (χ0) is 26.1. The van der Waals surface area contributed by atoms with E-state index in [9.17, 15) is 13.2 Å². The van der Waals surface area contributed by atoms with Crippen molar-refractivity contribution in [2.75, 3.05) is 5.75 Å². The Morgan fingerprint density at radius 2 is 1.57 bits per heavy atom. The van der Waals surface area contributed by atoms with Gasteiger partial charge in [-0.3, -0.25) is 0 Å². The summed E-state index contributed by atoms with van der Waals surface area (Å²) in [6, 6.07) is 9.58. The zero-order valence-corrected chi connectivity index (χ0v) is 23.4. The number of benzene rings is 1. The van der Waals surface area contributed by atoms with Gasteiger partial charge in [0.15, 0.2) is 0 Å². The third kappa shape index (κ3) is 5.27. The van der Waals surface area contributed by atoms with Crippen LogP contribution < -0.4 is 0 Å². The second-order valence-corrected chi connectivity index (χ2v) is 14.4. The number of rotatable bonds is 8. The van der Waals surface area contributed by atoms with Gasteiger partial charge in [0.2, 0.25) is 10.0 Å². The largest absolute Gasteiger partial charge is 0.457 e. The number of aliphatic imine (C=N–C) groups is 1. The van der Waals surface area contributed by atoms with E-state index < -0.39 is 27.5 Å². The van der Waals surface area contributed by atoms with Crippen LogP contribution in [0.15, 0.2) is 35.3 Å². The highest BCUT2D eigenvalue weighted by Gasteiger charge is 2.67. The van der Waals surface area contributed by atoms with Gasteiger partial charge in [0.1, 0.15) is 12.3 Å². The van der Waals surface area contributed by atoms with Gasteiger partial charge < -0.3 is 4.74 Å². The summed E-state index contributed by atoms with van der Waals surface area (Å²) in [6.07, 6.45) is 14.1. The van der Waals surface area contributed by atoms with Gasteiger partial charge in [-0.05, 0) is 68.4 Å². The number of carbonyl (C=O) groups excluding carboxylic acids is 1.